The van der Waals surface area contributed by atoms with Crippen LogP contribution in [0.2, 0.25) is 0 Å². The van der Waals surface area contributed by atoms with E-state index in [1.807, 2.05) is 30.5 Å². The molecule has 2 aromatic rings. The van der Waals surface area contributed by atoms with E-state index < -0.39 is 17.6 Å². The van der Waals surface area contributed by atoms with Crippen LogP contribution in [0.5, 0.6) is 11.5 Å². The van der Waals surface area contributed by atoms with Gasteiger partial charge in [0, 0.05) is 51.1 Å². The van der Waals surface area contributed by atoms with Gasteiger partial charge in [-0.25, -0.2) is 4.79 Å². The maximum Gasteiger partial charge on any atom is 0.343 e. The second kappa shape index (κ2) is 11.0. The van der Waals surface area contributed by atoms with Crippen LogP contribution in [0.25, 0.3) is 11.3 Å². The second-order valence-electron chi connectivity index (χ2n) is 6.98. The fraction of sp³-hybridized carbons (Fsp3) is 0.348. The summed E-state index contributed by atoms with van der Waals surface area (Å²) >= 11 is 1.39. The molecule has 0 saturated carbocycles. The first-order chi connectivity index (χ1) is 15.5. The Hall–Kier alpha value is -3.04. The highest BCUT2D eigenvalue weighted by Crippen LogP contribution is 2.42. The Morgan fingerprint density at radius 1 is 1.28 bits per heavy atom. The molecular formula is C23H26N2O6S. The summed E-state index contributed by atoms with van der Waals surface area (Å²) in [6.07, 6.45) is 3.49. The molecule has 0 fully saturated rings. The number of carbonyl (C=O) groups excluding carboxylic acids is 1. The SMILES string of the molecule is C/N=C\S/C=C/[C@H]1Oc2cc(OCCCOC)c(C)cc2-c2cc(=O)c(C(=O)OC)cn21. The van der Waals surface area contributed by atoms with Crippen molar-refractivity contribution < 1.29 is 23.7 Å². The van der Waals surface area contributed by atoms with Gasteiger partial charge in [0.1, 0.15) is 17.1 Å². The van der Waals surface area contributed by atoms with Gasteiger partial charge < -0.3 is 23.5 Å². The molecule has 9 heteroatoms. The molecule has 0 radical (unpaired) electrons. The van der Waals surface area contributed by atoms with Crippen LogP contribution in [0.1, 0.15) is 28.6 Å². The molecule has 0 unspecified atom stereocenters. The Balaban J connectivity index is 2.05. The van der Waals surface area contributed by atoms with E-state index in [9.17, 15) is 9.59 Å². The minimum absolute atomic E-state index is 0.0562. The average Bonchev–Trinajstić information content (AvgIpc) is 2.79. The van der Waals surface area contributed by atoms with E-state index in [1.54, 1.807) is 24.3 Å². The number of benzene rings is 1. The standard InChI is InChI=1S/C23H26N2O6S/c1-15-10-16-18-11-19(26)17(23(27)29-4)13-25(18)22(6-9-32-14-24-2)31-21(16)12-20(15)30-8-5-7-28-3/h6,9-14,22H,5,7-8H2,1-4H3/b9-6+,24-14-/t22-/m1/s1. The minimum Gasteiger partial charge on any atom is -0.493 e. The monoisotopic (exact) mass is 458 g/mol. The van der Waals surface area contributed by atoms with Crippen molar-refractivity contribution in [2.75, 3.05) is 34.5 Å². The maximum absolute atomic E-state index is 12.6. The summed E-state index contributed by atoms with van der Waals surface area (Å²) < 4.78 is 23.7. The quantitative estimate of drug-likeness (QED) is 0.244. The van der Waals surface area contributed by atoms with E-state index >= 15 is 0 Å². The molecule has 1 aliphatic heterocycles. The number of pyridine rings is 1. The van der Waals surface area contributed by atoms with E-state index in [0.29, 0.717) is 30.4 Å². The van der Waals surface area contributed by atoms with E-state index in [1.165, 1.54) is 31.1 Å². The normalized spacial score (nSPS) is 14.8. The summed E-state index contributed by atoms with van der Waals surface area (Å²) in [5.74, 6) is 0.603. The first kappa shape index (κ1) is 23.6. The first-order valence-electron chi connectivity index (χ1n) is 10.0. The molecule has 1 aromatic heterocycles. The number of aryl methyl sites for hydroxylation is 1. The molecule has 8 nitrogen and oxygen atoms in total. The van der Waals surface area contributed by atoms with E-state index in [-0.39, 0.29) is 5.56 Å². The fourth-order valence-corrected chi connectivity index (χ4v) is 3.69. The van der Waals surface area contributed by atoms with E-state index in [4.69, 9.17) is 18.9 Å². The molecule has 3 rings (SSSR count). The summed E-state index contributed by atoms with van der Waals surface area (Å²) in [7, 11) is 4.59. The van der Waals surface area contributed by atoms with Crippen molar-refractivity contribution in [3.63, 3.8) is 0 Å². The number of methoxy groups -OCH3 is 2. The lowest BCUT2D eigenvalue weighted by atomic mass is 10.0. The lowest BCUT2D eigenvalue weighted by Gasteiger charge is -2.30. The number of aromatic nitrogens is 1. The van der Waals surface area contributed by atoms with Crippen LogP contribution in [-0.2, 0) is 9.47 Å². The molecule has 1 atom stereocenters. The highest BCUT2D eigenvalue weighted by atomic mass is 32.2. The Kier molecular flexibility index (Phi) is 8.13. The number of hydrogen-bond acceptors (Lipinski definition) is 8. The van der Waals surface area contributed by atoms with Gasteiger partial charge in [0.05, 0.1) is 25.0 Å². The van der Waals surface area contributed by atoms with Crippen LogP contribution in [-0.4, -0.2) is 50.6 Å². The number of esters is 1. The molecule has 0 spiro atoms. The van der Waals surface area contributed by atoms with Crippen molar-refractivity contribution in [2.45, 2.75) is 19.6 Å². The van der Waals surface area contributed by atoms with Gasteiger partial charge in [-0.1, -0.05) is 11.8 Å². The number of fused-ring (bicyclic) bond motifs is 3. The molecular weight excluding hydrogens is 432 g/mol. The zero-order valence-corrected chi connectivity index (χ0v) is 19.3. The van der Waals surface area contributed by atoms with Crippen LogP contribution >= 0.6 is 11.8 Å². The van der Waals surface area contributed by atoms with Gasteiger partial charge in [0.15, 0.2) is 11.7 Å². The van der Waals surface area contributed by atoms with Gasteiger partial charge >= 0.3 is 5.97 Å². The molecule has 0 bridgehead atoms. The Labute approximate surface area is 190 Å². The van der Waals surface area contributed by atoms with Crippen LogP contribution in [0.15, 0.2) is 45.7 Å². The number of carbonyl (C=O) groups is 1. The predicted octanol–water partition coefficient (Wildman–Crippen LogP) is 3.82. The van der Waals surface area contributed by atoms with Crippen molar-refractivity contribution in [3.05, 3.63) is 57.2 Å². The molecule has 0 aliphatic carbocycles. The zero-order valence-electron chi connectivity index (χ0n) is 18.5. The predicted molar refractivity (Wildman–Crippen MR) is 125 cm³/mol. The van der Waals surface area contributed by atoms with Gasteiger partial charge in [-0.15, -0.1) is 0 Å². The third-order valence-electron chi connectivity index (χ3n) is 4.80. The summed E-state index contributed by atoms with van der Waals surface area (Å²) in [6.45, 7) is 3.07. The van der Waals surface area contributed by atoms with Gasteiger partial charge in [-0.2, -0.15) is 0 Å². The van der Waals surface area contributed by atoms with Gasteiger partial charge in [-0.3, -0.25) is 9.79 Å². The molecule has 1 aliphatic rings. The Morgan fingerprint density at radius 2 is 2.09 bits per heavy atom. The number of rotatable bonds is 9. The number of nitrogens with zero attached hydrogens (tertiary/aromatic N) is 2. The van der Waals surface area contributed by atoms with Crippen molar-refractivity contribution in [1.82, 2.24) is 4.57 Å². The van der Waals surface area contributed by atoms with Crippen LogP contribution < -0.4 is 14.9 Å². The molecule has 32 heavy (non-hydrogen) atoms. The topological polar surface area (TPSA) is 88.3 Å². The Morgan fingerprint density at radius 3 is 2.81 bits per heavy atom. The highest BCUT2D eigenvalue weighted by Gasteiger charge is 2.27. The number of thioether (sulfide) groups is 1. The van der Waals surface area contributed by atoms with Crippen molar-refractivity contribution in [1.29, 1.82) is 0 Å². The van der Waals surface area contributed by atoms with Crippen LogP contribution in [0.3, 0.4) is 0 Å². The van der Waals surface area contributed by atoms with Crippen molar-refractivity contribution in [3.8, 4) is 22.8 Å². The van der Waals surface area contributed by atoms with Gasteiger partial charge in [0.25, 0.3) is 0 Å². The molecule has 0 saturated heterocycles. The summed E-state index contributed by atoms with van der Waals surface area (Å²) in [5.41, 5.74) is 3.51. The smallest absolute Gasteiger partial charge is 0.343 e. The lowest BCUT2D eigenvalue weighted by molar-refractivity contribution is 0.0597. The highest BCUT2D eigenvalue weighted by molar-refractivity contribution is 8.14. The largest absolute Gasteiger partial charge is 0.493 e. The van der Waals surface area contributed by atoms with Crippen LogP contribution in [0.4, 0.5) is 0 Å². The summed E-state index contributed by atoms with van der Waals surface area (Å²) in [4.78, 5) is 28.6. The molecule has 1 aromatic carbocycles. The zero-order chi connectivity index (χ0) is 23.1. The summed E-state index contributed by atoms with van der Waals surface area (Å²) in [5, 5.41) is 1.83. The molecule has 0 N–H and O–H groups in total. The molecule has 0 amide bonds. The minimum atomic E-state index is -0.692. The van der Waals surface area contributed by atoms with Crippen molar-refractivity contribution >= 4 is 23.3 Å². The second-order valence-corrected chi connectivity index (χ2v) is 7.74. The lowest BCUT2D eigenvalue weighted by Crippen LogP contribution is -2.26. The first-order valence-corrected chi connectivity index (χ1v) is 10.9. The number of ether oxygens (including phenoxy) is 4. The van der Waals surface area contributed by atoms with E-state index in [2.05, 4.69) is 4.99 Å². The van der Waals surface area contributed by atoms with Gasteiger partial charge in [0.2, 0.25) is 0 Å². The third kappa shape index (κ3) is 5.23. The summed E-state index contributed by atoms with van der Waals surface area (Å²) in [6, 6.07) is 5.19. The fourth-order valence-electron chi connectivity index (χ4n) is 3.27. The maximum atomic E-state index is 12.6. The molecule has 2 heterocycles. The van der Waals surface area contributed by atoms with Gasteiger partial charge in [-0.05, 0) is 30.0 Å². The average molecular weight is 459 g/mol. The Bertz CT molecular complexity index is 1090. The van der Waals surface area contributed by atoms with Crippen LogP contribution in [0, 0.1) is 6.92 Å². The number of aliphatic imine (C=N–C) groups is 1. The molecule has 170 valence electrons. The number of hydrogen-bond donors (Lipinski definition) is 0. The van der Waals surface area contributed by atoms with Crippen molar-refractivity contribution in [2.24, 2.45) is 4.99 Å². The van der Waals surface area contributed by atoms with E-state index in [0.717, 1.165) is 17.5 Å². The third-order valence-corrected chi connectivity index (χ3v) is 5.45.